The summed E-state index contributed by atoms with van der Waals surface area (Å²) < 4.78 is 11.5. The zero-order valence-electron chi connectivity index (χ0n) is 24.1. The van der Waals surface area contributed by atoms with Crippen LogP contribution in [0.2, 0.25) is 0 Å². The SMILES string of the molecule is CC1CCC(N(CCOCCC#Cc2ccc3c(c2)CN(C2CCC(=O)NC2=O)C3=O)C(=O)OC(C)(C)C)CC1. The Bertz CT molecular complexity index is 1190. The lowest BCUT2D eigenvalue weighted by molar-refractivity contribution is -0.136. The van der Waals surface area contributed by atoms with Crippen molar-refractivity contribution in [3.63, 3.8) is 0 Å². The highest BCUT2D eigenvalue weighted by atomic mass is 16.6. The lowest BCUT2D eigenvalue weighted by Gasteiger charge is -2.37. The number of carbonyl (C=O) groups is 4. The van der Waals surface area contributed by atoms with Crippen LogP contribution in [0.25, 0.3) is 0 Å². The Kier molecular flexibility index (Phi) is 9.52. The Morgan fingerprint density at radius 2 is 1.85 bits per heavy atom. The molecule has 3 aliphatic rings. The van der Waals surface area contributed by atoms with E-state index in [9.17, 15) is 19.2 Å². The third kappa shape index (κ3) is 7.63. The second-order valence-corrected chi connectivity index (χ2v) is 12.0. The zero-order chi connectivity index (χ0) is 28.9. The number of nitrogens with one attached hydrogen (secondary N) is 1. The van der Waals surface area contributed by atoms with Gasteiger partial charge in [-0.05, 0) is 82.6 Å². The molecule has 2 heterocycles. The minimum absolute atomic E-state index is 0.187. The van der Waals surface area contributed by atoms with Gasteiger partial charge in [-0.15, -0.1) is 0 Å². The summed E-state index contributed by atoms with van der Waals surface area (Å²) in [4.78, 5) is 52.8. The van der Waals surface area contributed by atoms with Gasteiger partial charge in [0.1, 0.15) is 11.6 Å². The van der Waals surface area contributed by atoms with E-state index in [-0.39, 0.29) is 30.4 Å². The Hall–Kier alpha value is -3.38. The van der Waals surface area contributed by atoms with E-state index in [4.69, 9.17) is 9.47 Å². The van der Waals surface area contributed by atoms with Crippen molar-refractivity contribution in [2.45, 2.75) is 96.9 Å². The molecule has 40 heavy (non-hydrogen) atoms. The summed E-state index contributed by atoms with van der Waals surface area (Å²) in [5.41, 5.74) is 1.65. The van der Waals surface area contributed by atoms with E-state index < -0.39 is 17.6 Å². The number of nitrogens with zero attached hydrogens (tertiary/aromatic N) is 2. The molecule has 2 fully saturated rings. The first-order valence-electron chi connectivity index (χ1n) is 14.4. The van der Waals surface area contributed by atoms with Crippen molar-refractivity contribution in [3.05, 3.63) is 34.9 Å². The third-order valence-corrected chi connectivity index (χ3v) is 7.66. The van der Waals surface area contributed by atoms with E-state index in [1.807, 2.05) is 37.8 Å². The maximum atomic E-state index is 12.9. The quantitative estimate of drug-likeness (QED) is 0.312. The molecule has 0 aromatic heterocycles. The Labute approximate surface area is 236 Å². The van der Waals surface area contributed by atoms with Gasteiger partial charge in [-0.2, -0.15) is 0 Å². The fraction of sp³-hybridized carbons (Fsp3) is 0.613. The first-order valence-corrected chi connectivity index (χ1v) is 14.4. The van der Waals surface area contributed by atoms with Crippen LogP contribution in [-0.4, -0.2) is 71.1 Å². The van der Waals surface area contributed by atoms with Crippen molar-refractivity contribution < 1.29 is 28.7 Å². The van der Waals surface area contributed by atoms with Gasteiger partial charge in [0.2, 0.25) is 11.8 Å². The van der Waals surface area contributed by atoms with Gasteiger partial charge >= 0.3 is 6.09 Å². The fourth-order valence-electron chi connectivity index (χ4n) is 5.50. The number of fused-ring (bicyclic) bond motifs is 1. The minimum Gasteiger partial charge on any atom is -0.444 e. The largest absolute Gasteiger partial charge is 0.444 e. The van der Waals surface area contributed by atoms with E-state index in [1.54, 1.807) is 6.07 Å². The van der Waals surface area contributed by atoms with Crippen LogP contribution >= 0.6 is 0 Å². The van der Waals surface area contributed by atoms with Crippen LogP contribution < -0.4 is 5.32 Å². The highest BCUT2D eigenvalue weighted by Gasteiger charge is 2.39. The highest BCUT2D eigenvalue weighted by Crippen LogP contribution is 2.29. The van der Waals surface area contributed by atoms with Gasteiger partial charge in [0.15, 0.2) is 0 Å². The summed E-state index contributed by atoms with van der Waals surface area (Å²) in [6, 6.07) is 5.00. The van der Waals surface area contributed by atoms with Crippen LogP contribution in [-0.2, 0) is 25.6 Å². The standard InChI is InChI=1S/C31H41N3O6/c1-21-8-11-24(12-9-21)33(30(38)40-31(2,3)4)16-18-39-17-6-5-7-22-10-13-25-23(19-22)20-34(29(25)37)26-14-15-27(35)32-28(26)36/h10,13,19,21,24,26H,6,8-9,11-12,14-18,20H2,1-4H3,(H,32,35,36). The van der Waals surface area contributed by atoms with Crippen molar-refractivity contribution in [1.29, 1.82) is 0 Å². The highest BCUT2D eigenvalue weighted by molar-refractivity contribution is 6.05. The molecule has 9 heteroatoms. The molecule has 1 N–H and O–H groups in total. The van der Waals surface area contributed by atoms with E-state index in [1.165, 1.54) is 4.90 Å². The lowest BCUT2D eigenvalue weighted by atomic mass is 9.87. The molecule has 9 nitrogen and oxygen atoms in total. The Morgan fingerprint density at radius 3 is 2.55 bits per heavy atom. The van der Waals surface area contributed by atoms with Gasteiger partial charge in [-0.1, -0.05) is 18.8 Å². The summed E-state index contributed by atoms with van der Waals surface area (Å²) in [5, 5.41) is 2.32. The molecule has 1 saturated heterocycles. The minimum atomic E-state index is -0.628. The molecular formula is C31H41N3O6. The number of piperidine rings is 1. The molecule has 4 rings (SSSR count). The molecule has 1 atom stereocenters. The van der Waals surface area contributed by atoms with Crippen molar-refractivity contribution in [3.8, 4) is 11.8 Å². The summed E-state index contributed by atoms with van der Waals surface area (Å²) in [6.45, 7) is 9.60. The predicted octanol–water partition coefficient (Wildman–Crippen LogP) is 4.02. The third-order valence-electron chi connectivity index (χ3n) is 7.66. The molecule has 1 aromatic carbocycles. The zero-order valence-corrected chi connectivity index (χ0v) is 24.1. The van der Waals surface area contributed by atoms with E-state index in [0.29, 0.717) is 50.6 Å². The van der Waals surface area contributed by atoms with Crippen molar-refractivity contribution >= 4 is 23.8 Å². The first-order chi connectivity index (χ1) is 19.0. The van der Waals surface area contributed by atoms with Crippen molar-refractivity contribution in [1.82, 2.24) is 15.1 Å². The average molecular weight is 552 g/mol. The maximum Gasteiger partial charge on any atom is 0.410 e. The molecule has 1 saturated carbocycles. The van der Waals surface area contributed by atoms with Gasteiger partial charge in [-0.25, -0.2) is 4.79 Å². The molecule has 0 radical (unpaired) electrons. The van der Waals surface area contributed by atoms with Crippen LogP contribution in [0.4, 0.5) is 4.79 Å². The second kappa shape index (κ2) is 12.9. The van der Waals surface area contributed by atoms with Crippen LogP contribution in [0.3, 0.4) is 0 Å². The van der Waals surface area contributed by atoms with Crippen LogP contribution in [0.5, 0.6) is 0 Å². The summed E-state index contributed by atoms with van der Waals surface area (Å²) in [5.74, 6) is 6.04. The average Bonchev–Trinajstić information content (AvgIpc) is 3.20. The van der Waals surface area contributed by atoms with Gasteiger partial charge in [0.05, 0.1) is 13.2 Å². The Balaban J connectivity index is 1.25. The lowest BCUT2D eigenvalue weighted by Crippen LogP contribution is -2.52. The number of amides is 4. The molecule has 4 amide bonds. The van der Waals surface area contributed by atoms with Gasteiger partial charge < -0.3 is 19.3 Å². The molecule has 1 aliphatic carbocycles. The van der Waals surface area contributed by atoms with Crippen LogP contribution in [0.15, 0.2) is 18.2 Å². The number of rotatable bonds is 7. The topological polar surface area (TPSA) is 105 Å². The van der Waals surface area contributed by atoms with Gasteiger partial charge in [0.25, 0.3) is 5.91 Å². The van der Waals surface area contributed by atoms with Gasteiger partial charge in [-0.3, -0.25) is 19.7 Å². The van der Waals surface area contributed by atoms with Crippen molar-refractivity contribution in [2.24, 2.45) is 5.92 Å². The molecule has 216 valence electrons. The number of imide groups is 1. The van der Waals surface area contributed by atoms with Crippen molar-refractivity contribution in [2.75, 3.05) is 19.8 Å². The molecule has 1 aromatic rings. The number of benzene rings is 1. The monoisotopic (exact) mass is 551 g/mol. The number of carbonyl (C=O) groups excluding carboxylic acids is 4. The van der Waals surface area contributed by atoms with E-state index in [0.717, 1.165) is 36.8 Å². The van der Waals surface area contributed by atoms with Gasteiger partial charge in [0, 0.05) is 43.1 Å². The fourth-order valence-corrected chi connectivity index (χ4v) is 5.50. The summed E-state index contributed by atoms with van der Waals surface area (Å²) in [6.07, 6.45) is 5.04. The van der Waals surface area contributed by atoms with Crippen LogP contribution in [0, 0.1) is 17.8 Å². The molecule has 0 bridgehead atoms. The molecular weight excluding hydrogens is 510 g/mol. The number of ether oxygens (including phenoxy) is 2. The smallest absolute Gasteiger partial charge is 0.410 e. The number of hydrogen-bond acceptors (Lipinski definition) is 6. The van der Waals surface area contributed by atoms with E-state index in [2.05, 4.69) is 24.1 Å². The first kappa shape index (κ1) is 29.6. The second-order valence-electron chi connectivity index (χ2n) is 12.0. The Morgan fingerprint density at radius 1 is 1.10 bits per heavy atom. The van der Waals surface area contributed by atoms with Crippen LogP contribution in [0.1, 0.15) is 94.1 Å². The normalized spacial score (nSPS) is 22.8. The maximum absolute atomic E-state index is 12.9. The molecule has 0 spiro atoms. The predicted molar refractivity (Wildman–Crippen MR) is 149 cm³/mol. The molecule has 2 aliphatic heterocycles. The van der Waals surface area contributed by atoms with E-state index >= 15 is 0 Å². The number of hydrogen-bond donors (Lipinski definition) is 1. The molecule has 1 unspecified atom stereocenters. The summed E-state index contributed by atoms with van der Waals surface area (Å²) >= 11 is 0. The summed E-state index contributed by atoms with van der Waals surface area (Å²) in [7, 11) is 0.